The predicted molar refractivity (Wildman–Crippen MR) is 77.1 cm³/mol. The number of rotatable bonds is 7. The van der Waals surface area contributed by atoms with E-state index in [0.717, 1.165) is 30.6 Å². The summed E-state index contributed by atoms with van der Waals surface area (Å²) < 4.78 is 5.11. The highest BCUT2D eigenvalue weighted by molar-refractivity contribution is 5.81. The maximum absolute atomic E-state index is 11.9. The third-order valence-electron chi connectivity index (χ3n) is 3.18. The Balaban J connectivity index is 2.53. The minimum absolute atomic E-state index is 0.0499. The Hall–Kier alpha value is -1.55. The quantitative estimate of drug-likeness (QED) is 0.794. The van der Waals surface area contributed by atoms with Gasteiger partial charge >= 0.3 is 0 Å². The molecule has 0 aliphatic heterocycles. The van der Waals surface area contributed by atoms with Crippen LogP contribution in [0, 0.1) is 0 Å². The molecule has 0 radical (unpaired) electrons. The Bertz CT molecular complexity index is 390. The molecule has 0 spiro atoms. The van der Waals surface area contributed by atoms with Crippen molar-refractivity contribution in [2.45, 2.75) is 45.2 Å². The molecule has 0 aromatic heterocycles. The number of benzene rings is 1. The summed E-state index contributed by atoms with van der Waals surface area (Å²) in [7, 11) is 1.63. The summed E-state index contributed by atoms with van der Waals surface area (Å²) in [6.07, 6.45) is 2.76. The normalized spacial score (nSPS) is 13.7. The van der Waals surface area contributed by atoms with Crippen molar-refractivity contribution < 1.29 is 9.53 Å². The summed E-state index contributed by atoms with van der Waals surface area (Å²) in [4.78, 5) is 11.9. The zero-order valence-corrected chi connectivity index (χ0v) is 12.0. The molecular weight excluding hydrogens is 240 g/mol. The van der Waals surface area contributed by atoms with Crippen LogP contribution in [0.25, 0.3) is 0 Å². The summed E-state index contributed by atoms with van der Waals surface area (Å²) in [5.74, 6) is 0.721. The molecule has 3 N–H and O–H groups in total. The molecule has 0 heterocycles. The van der Waals surface area contributed by atoms with Crippen LogP contribution in [0.3, 0.4) is 0 Å². The number of amides is 1. The van der Waals surface area contributed by atoms with Gasteiger partial charge in [0.15, 0.2) is 0 Å². The SMILES string of the molecule is CCCC[C@H](N)C(=O)N[C@H](C)c1ccc(OC)cc1. The second-order valence-electron chi connectivity index (χ2n) is 4.75. The molecule has 2 atom stereocenters. The van der Waals surface area contributed by atoms with Gasteiger partial charge in [0.1, 0.15) is 5.75 Å². The van der Waals surface area contributed by atoms with Crippen LogP contribution in [0.5, 0.6) is 5.75 Å². The van der Waals surface area contributed by atoms with Crippen LogP contribution in [0.2, 0.25) is 0 Å². The van der Waals surface area contributed by atoms with Crippen molar-refractivity contribution in [1.29, 1.82) is 0 Å². The van der Waals surface area contributed by atoms with Crippen molar-refractivity contribution in [3.05, 3.63) is 29.8 Å². The number of hydrogen-bond donors (Lipinski definition) is 2. The molecule has 4 nitrogen and oxygen atoms in total. The molecular formula is C15H24N2O2. The highest BCUT2D eigenvalue weighted by atomic mass is 16.5. The molecule has 0 aliphatic carbocycles. The molecule has 4 heteroatoms. The summed E-state index contributed by atoms with van der Waals surface area (Å²) in [6, 6.07) is 7.19. The highest BCUT2D eigenvalue weighted by Gasteiger charge is 2.15. The lowest BCUT2D eigenvalue weighted by Gasteiger charge is -2.18. The minimum Gasteiger partial charge on any atom is -0.497 e. The van der Waals surface area contributed by atoms with Crippen molar-refractivity contribution in [2.75, 3.05) is 7.11 Å². The molecule has 1 aromatic rings. The second-order valence-corrected chi connectivity index (χ2v) is 4.75. The number of nitrogens with one attached hydrogen (secondary N) is 1. The van der Waals surface area contributed by atoms with Gasteiger partial charge in [0, 0.05) is 0 Å². The first-order chi connectivity index (χ1) is 9.08. The lowest BCUT2D eigenvalue weighted by atomic mass is 10.1. The zero-order valence-electron chi connectivity index (χ0n) is 12.0. The molecule has 0 saturated carbocycles. The fourth-order valence-electron chi connectivity index (χ4n) is 1.85. The van der Waals surface area contributed by atoms with Crippen molar-refractivity contribution in [3.8, 4) is 5.75 Å². The standard InChI is InChI=1S/C15H24N2O2/c1-4-5-6-14(16)15(18)17-11(2)12-7-9-13(19-3)10-8-12/h7-11,14H,4-6,16H2,1-3H3,(H,17,18)/t11-,14+/m1/s1. The van der Waals surface area contributed by atoms with Gasteiger partial charge in [0.2, 0.25) is 5.91 Å². The number of hydrogen-bond acceptors (Lipinski definition) is 3. The van der Waals surface area contributed by atoms with E-state index in [1.54, 1.807) is 7.11 Å². The first kappa shape index (κ1) is 15.5. The van der Waals surface area contributed by atoms with Gasteiger partial charge in [-0.1, -0.05) is 31.9 Å². The molecule has 1 aromatic carbocycles. The van der Waals surface area contributed by atoms with E-state index < -0.39 is 6.04 Å². The number of carbonyl (C=O) groups is 1. The topological polar surface area (TPSA) is 64.4 Å². The molecule has 0 aliphatic rings. The van der Waals surface area contributed by atoms with Gasteiger partial charge in [0.05, 0.1) is 19.2 Å². The highest BCUT2D eigenvalue weighted by Crippen LogP contribution is 2.17. The van der Waals surface area contributed by atoms with Gasteiger partial charge in [-0.3, -0.25) is 4.79 Å². The Morgan fingerprint density at radius 2 is 2.00 bits per heavy atom. The van der Waals surface area contributed by atoms with E-state index in [2.05, 4.69) is 12.2 Å². The number of methoxy groups -OCH3 is 1. The van der Waals surface area contributed by atoms with Crippen molar-refractivity contribution >= 4 is 5.91 Å². The van der Waals surface area contributed by atoms with Crippen LogP contribution in [0.1, 0.15) is 44.7 Å². The van der Waals surface area contributed by atoms with E-state index in [4.69, 9.17) is 10.5 Å². The fraction of sp³-hybridized carbons (Fsp3) is 0.533. The minimum atomic E-state index is -0.416. The van der Waals surface area contributed by atoms with Crippen LogP contribution in [0.4, 0.5) is 0 Å². The number of carbonyl (C=O) groups excluding carboxylic acids is 1. The van der Waals surface area contributed by atoms with Crippen LogP contribution in [-0.4, -0.2) is 19.1 Å². The Labute approximate surface area is 115 Å². The van der Waals surface area contributed by atoms with Crippen LogP contribution < -0.4 is 15.8 Å². The maximum atomic E-state index is 11.9. The average molecular weight is 264 g/mol. The van der Waals surface area contributed by atoms with Gasteiger partial charge in [-0.15, -0.1) is 0 Å². The zero-order chi connectivity index (χ0) is 14.3. The Morgan fingerprint density at radius 1 is 1.37 bits per heavy atom. The monoisotopic (exact) mass is 264 g/mol. The lowest BCUT2D eigenvalue weighted by molar-refractivity contribution is -0.123. The first-order valence-electron chi connectivity index (χ1n) is 6.78. The summed E-state index contributed by atoms with van der Waals surface area (Å²) in [6.45, 7) is 4.04. The van der Waals surface area contributed by atoms with Crippen molar-refractivity contribution in [1.82, 2.24) is 5.32 Å². The van der Waals surface area contributed by atoms with E-state index >= 15 is 0 Å². The summed E-state index contributed by atoms with van der Waals surface area (Å²) in [5, 5.41) is 2.94. The van der Waals surface area contributed by atoms with E-state index in [9.17, 15) is 4.79 Å². The van der Waals surface area contributed by atoms with Crippen molar-refractivity contribution in [2.24, 2.45) is 5.73 Å². The fourth-order valence-corrected chi connectivity index (χ4v) is 1.85. The molecule has 19 heavy (non-hydrogen) atoms. The smallest absolute Gasteiger partial charge is 0.237 e. The number of nitrogens with two attached hydrogens (primary N) is 1. The van der Waals surface area contributed by atoms with Crippen molar-refractivity contribution in [3.63, 3.8) is 0 Å². The maximum Gasteiger partial charge on any atom is 0.237 e. The van der Waals surface area contributed by atoms with Gasteiger partial charge in [-0.05, 0) is 31.0 Å². The summed E-state index contributed by atoms with van der Waals surface area (Å²) in [5.41, 5.74) is 6.88. The molecule has 1 rings (SSSR count). The van der Waals surface area contributed by atoms with Gasteiger partial charge in [-0.2, -0.15) is 0 Å². The third-order valence-corrected chi connectivity index (χ3v) is 3.18. The van der Waals surface area contributed by atoms with Gasteiger partial charge in [-0.25, -0.2) is 0 Å². The van der Waals surface area contributed by atoms with E-state index in [-0.39, 0.29) is 11.9 Å². The molecule has 106 valence electrons. The number of unbranched alkanes of at least 4 members (excludes halogenated alkanes) is 1. The van der Waals surface area contributed by atoms with Crippen LogP contribution in [-0.2, 0) is 4.79 Å². The second kappa shape index (κ2) is 7.79. The van der Waals surface area contributed by atoms with Crippen LogP contribution >= 0.6 is 0 Å². The predicted octanol–water partition coefficient (Wildman–Crippen LogP) is 2.39. The van der Waals surface area contributed by atoms with Gasteiger partial charge in [0.25, 0.3) is 0 Å². The van der Waals surface area contributed by atoms with E-state index in [0.29, 0.717) is 0 Å². The van der Waals surface area contributed by atoms with E-state index in [1.165, 1.54) is 0 Å². The molecule has 0 unspecified atom stereocenters. The lowest BCUT2D eigenvalue weighted by Crippen LogP contribution is -2.41. The number of ether oxygens (including phenoxy) is 1. The molecule has 0 fully saturated rings. The molecule has 0 saturated heterocycles. The van der Waals surface area contributed by atoms with E-state index in [1.807, 2.05) is 31.2 Å². The molecule has 0 bridgehead atoms. The van der Waals surface area contributed by atoms with Crippen LogP contribution in [0.15, 0.2) is 24.3 Å². The molecule has 1 amide bonds. The van der Waals surface area contributed by atoms with Gasteiger partial charge < -0.3 is 15.8 Å². The Kier molecular flexibility index (Phi) is 6.36. The Morgan fingerprint density at radius 3 is 2.53 bits per heavy atom. The third kappa shape index (κ3) is 4.91. The largest absolute Gasteiger partial charge is 0.497 e. The summed E-state index contributed by atoms with van der Waals surface area (Å²) >= 11 is 0. The first-order valence-corrected chi connectivity index (χ1v) is 6.78. The average Bonchev–Trinajstić information content (AvgIpc) is 2.44.